The number of pyridine rings is 1. The van der Waals surface area contributed by atoms with Crippen molar-refractivity contribution in [1.29, 1.82) is 0 Å². The van der Waals surface area contributed by atoms with Crippen LogP contribution in [-0.4, -0.2) is 23.2 Å². The number of aromatic amines is 1. The summed E-state index contributed by atoms with van der Waals surface area (Å²) >= 11 is 0. The van der Waals surface area contributed by atoms with Gasteiger partial charge in [0.05, 0.1) is 18.2 Å². The van der Waals surface area contributed by atoms with Crippen molar-refractivity contribution in [2.24, 2.45) is 0 Å². The number of para-hydroxylation sites is 1. The molecule has 1 aromatic carbocycles. The maximum atomic E-state index is 11.5. The van der Waals surface area contributed by atoms with Gasteiger partial charge in [-0.1, -0.05) is 12.1 Å². The zero-order valence-electron chi connectivity index (χ0n) is 8.98. The van der Waals surface area contributed by atoms with E-state index >= 15 is 0 Å². The topological polar surface area (TPSA) is 105 Å². The molecule has 0 unspecified atom stereocenters. The average Bonchev–Trinajstić information content (AvgIpc) is 2.29. The van der Waals surface area contributed by atoms with Gasteiger partial charge in [-0.2, -0.15) is 0 Å². The number of hydrogen-bond acceptors (Lipinski definition) is 4. The van der Waals surface area contributed by atoms with Gasteiger partial charge in [-0.05, 0) is 6.07 Å². The number of aromatic nitrogens is 1. The highest BCUT2D eigenvalue weighted by molar-refractivity contribution is 6.08. The maximum Gasteiger partial charge on any atom is 0.338 e. The Kier molecular flexibility index (Phi) is 2.47. The molecule has 0 bridgehead atoms. The van der Waals surface area contributed by atoms with Crippen molar-refractivity contribution in [1.82, 2.24) is 4.98 Å². The molecule has 0 aliphatic carbocycles. The highest BCUT2D eigenvalue weighted by atomic mass is 16.5. The number of nitrogens with one attached hydrogen (secondary N) is 1. The second kappa shape index (κ2) is 3.82. The first-order valence-corrected chi connectivity index (χ1v) is 4.78. The number of carbonyl (C=O) groups is 1. The summed E-state index contributed by atoms with van der Waals surface area (Å²) in [6.45, 7) is 0. The van der Waals surface area contributed by atoms with E-state index in [1.807, 2.05) is 0 Å². The van der Waals surface area contributed by atoms with E-state index in [1.165, 1.54) is 7.11 Å². The zero-order valence-corrected chi connectivity index (χ0v) is 8.98. The van der Waals surface area contributed by atoms with E-state index < -0.39 is 11.5 Å². The fraction of sp³-hybridized carbons (Fsp3) is 0.0909. The third-order valence-electron chi connectivity index (χ3n) is 2.48. The minimum atomic E-state index is -1.24. The van der Waals surface area contributed by atoms with Crippen LogP contribution in [0.3, 0.4) is 0 Å². The van der Waals surface area contributed by atoms with Gasteiger partial charge >= 0.3 is 5.97 Å². The number of carboxylic acid groups (broad SMARTS) is 1. The molecule has 1 aromatic heterocycles. The van der Waals surface area contributed by atoms with Gasteiger partial charge in [-0.15, -0.1) is 0 Å². The van der Waals surface area contributed by atoms with E-state index in [1.54, 1.807) is 18.2 Å². The number of anilines is 1. The second-order valence-electron chi connectivity index (χ2n) is 3.43. The van der Waals surface area contributed by atoms with Gasteiger partial charge < -0.3 is 20.6 Å². The number of benzene rings is 1. The van der Waals surface area contributed by atoms with Crippen LogP contribution in [0.2, 0.25) is 0 Å². The van der Waals surface area contributed by atoms with Crippen LogP contribution in [0.25, 0.3) is 10.9 Å². The van der Waals surface area contributed by atoms with Gasteiger partial charge in [0.25, 0.3) is 5.56 Å². The molecule has 0 saturated heterocycles. The summed E-state index contributed by atoms with van der Waals surface area (Å²) in [5, 5.41) is 9.42. The van der Waals surface area contributed by atoms with E-state index in [-0.39, 0.29) is 11.3 Å². The number of fused-ring (bicyclic) bond motifs is 1. The van der Waals surface area contributed by atoms with Crippen molar-refractivity contribution in [2.45, 2.75) is 0 Å². The van der Waals surface area contributed by atoms with Crippen molar-refractivity contribution in [3.05, 3.63) is 34.1 Å². The van der Waals surface area contributed by atoms with Crippen LogP contribution in [-0.2, 0) is 0 Å². The number of ether oxygens (including phenoxy) is 1. The zero-order chi connectivity index (χ0) is 12.6. The first-order valence-electron chi connectivity index (χ1n) is 4.78. The molecule has 2 rings (SSSR count). The molecule has 1 heterocycles. The number of H-pyrrole nitrogens is 1. The molecule has 0 fully saturated rings. The van der Waals surface area contributed by atoms with E-state index in [9.17, 15) is 9.59 Å². The predicted molar refractivity (Wildman–Crippen MR) is 62.5 cm³/mol. The first-order chi connectivity index (χ1) is 8.06. The van der Waals surface area contributed by atoms with Crippen molar-refractivity contribution in [2.75, 3.05) is 12.8 Å². The van der Waals surface area contributed by atoms with Gasteiger partial charge in [-0.25, -0.2) is 4.79 Å². The Morgan fingerprint density at radius 1 is 1.47 bits per heavy atom. The highest BCUT2D eigenvalue weighted by Gasteiger charge is 2.17. The Morgan fingerprint density at radius 3 is 2.76 bits per heavy atom. The summed E-state index contributed by atoms with van der Waals surface area (Å²) in [6, 6.07) is 4.82. The largest absolute Gasteiger partial charge is 0.495 e. The SMILES string of the molecule is COc1cccc2c(C(=O)O)c(N)c(=O)[nH]c12. The minimum Gasteiger partial charge on any atom is -0.495 e. The fourth-order valence-electron chi connectivity index (χ4n) is 1.71. The van der Waals surface area contributed by atoms with E-state index in [4.69, 9.17) is 15.6 Å². The number of carboxylic acids is 1. The van der Waals surface area contributed by atoms with Crippen LogP contribution in [0.15, 0.2) is 23.0 Å². The molecule has 6 heteroatoms. The molecule has 4 N–H and O–H groups in total. The molecule has 0 amide bonds. The third-order valence-corrected chi connectivity index (χ3v) is 2.48. The summed E-state index contributed by atoms with van der Waals surface area (Å²) in [7, 11) is 1.43. The number of rotatable bonds is 2. The summed E-state index contributed by atoms with van der Waals surface area (Å²) in [5.74, 6) is -0.853. The maximum absolute atomic E-state index is 11.5. The Morgan fingerprint density at radius 2 is 2.18 bits per heavy atom. The summed E-state index contributed by atoms with van der Waals surface area (Å²) in [5.41, 5.74) is 4.65. The lowest BCUT2D eigenvalue weighted by atomic mass is 10.1. The monoisotopic (exact) mass is 234 g/mol. The molecule has 0 radical (unpaired) electrons. The van der Waals surface area contributed by atoms with Crippen LogP contribution in [0, 0.1) is 0 Å². The smallest absolute Gasteiger partial charge is 0.338 e. The predicted octanol–water partition coefficient (Wildman–Crippen LogP) is 0.817. The quantitative estimate of drug-likeness (QED) is 0.713. The molecule has 0 aliphatic heterocycles. The van der Waals surface area contributed by atoms with Crippen molar-refractivity contribution >= 4 is 22.6 Å². The molecule has 17 heavy (non-hydrogen) atoms. The number of hydrogen-bond donors (Lipinski definition) is 3. The summed E-state index contributed by atoms with van der Waals surface area (Å²) in [4.78, 5) is 25.1. The van der Waals surface area contributed by atoms with Gasteiger partial charge in [0, 0.05) is 5.39 Å². The number of methoxy groups -OCH3 is 1. The van der Waals surface area contributed by atoms with Crippen LogP contribution in [0.4, 0.5) is 5.69 Å². The van der Waals surface area contributed by atoms with E-state index in [2.05, 4.69) is 4.98 Å². The Labute approximate surface area is 95.6 Å². The molecule has 6 nitrogen and oxygen atoms in total. The van der Waals surface area contributed by atoms with Crippen LogP contribution < -0.4 is 16.0 Å². The second-order valence-corrected chi connectivity index (χ2v) is 3.43. The molecular formula is C11H10N2O4. The highest BCUT2D eigenvalue weighted by Crippen LogP contribution is 2.26. The van der Waals surface area contributed by atoms with Crippen molar-refractivity contribution in [3.63, 3.8) is 0 Å². The number of nitrogen functional groups attached to an aromatic ring is 1. The lowest BCUT2D eigenvalue weighted by molar-refractivity contribution is 0.0700. The number of aromatic carboxylic acids is 1. The lowest BCUT2D eigenvalue weighted by Crippen LogP contribution is -2.18. The van der Waals surface area contributed by atoms with Crippen LogP contribution in [0.1, 0.15) is 10.4 Å². The molecule has 0 saturated carbocycles. The van der Waals surface area contributed by atoms with Gasteiger partial charge in [0.15, 0.2) is 0 Å². The Hall–Kier alpha value is -2.50. The van der Waals surface area contributed by atoms with Crippen LogP contribution >= 0.6 is 0 Å². The molecular weight excluding hydrogens is 224 g/mol. The Bertz CT molecular complexity index is 660. The van der Waals surface area contributed by atoms with E-state index in [0.29, 0.717) is 16.7 Å². The van der Waals surface area contributed by atoms with Gasteiger partial charge in [0.2, 0.25) is 0 Å². The van der Waals surface area contributed by atoms with Gasteiger partial charge in [0.1, 0.15) is 11.4 Å². The van der Waals surface area contributed by atoms with Crippen LogP contribution in [0.5, 0.6) is 5.75 Å². The fourth-order valence-corrected chi connectivity index (χ4v) is 1.71. The molecule has 88 valence electrons. The summed E-state index contributed by atoms with van der Waals surface area (Å²) < 4.78 is 5.05. The Balaban J connectivity index is 3.02. The van der Waals surface area contributed by atoms with Crippen molar-refractivity contribution in [3.8, 4) is 5.75 Å². The first kappa shape index (κ1) is 11.0. The molecule has 0 spiro atoms. The minimum absolute atomic E-state index is 0.206. The summed E-state index contributed by atoms with van der Waals surface area (Å²) in [6.07, 6.45) is 0. The van der Waals surface area contributed by atoms with Crippen molar-refractivity contribution < 1.29 is 14.6 Å². The lowest BCUT2D eigenvalue weighted by Gasteiger charge is -2.08. The number of nitrogens with two attached hydrogens (primary N) is 1. The van der Waals surface area contributed by atoms with Gasteiger partial charge in [-0.3, -0.25) is 4.79 Å². The molecule has 0 atom stereocenters. The molecule has 2 aromatic rings. The standard InChI is InChI=1S/C11H10N2O4/c1-17-6-4-2-3-5-7(11(15)16)8(12)10(14)13-9(5)6/h2-4H,12H2,1H3,(H,13,14)(H,15,16). The third kappa shape index (κ3) is 1.59. The molecule has 0 aliphatic rings. The van der Waals surface area contributed by atoms with E-state index in [0.717, 1.165) is 0 Å². The normalized spacial score (nSPS) is 10.4. The average molecular weight is 234 g/mol.